The summed E-state index contributed by atoms with van der Waals surface area (Å²) in [6.45, 7) is 3.08. The predicted octanol–water partition coefficient (Wildman–Crippen LogP) is 4.63. The molecule has 19 heavy (non-hydrogen) atoms. The maximum atomic E-state index is 6.16. The number of rotatable bonds is 3. The highest BCUT2D eigenvalue weighted by atomic mass is 79.9. The van der Waals surface area contributed by atoms with Gasteiger partial charge in [0.2, 0.25) is 0 Å². The van der Waals surface area contributed by atoms with Crippen molar-refractivity contribution in [2.45, 2.75) is 56.8 Å². The molecule has 3 heteroatoms. The summed E-state index contributed by atoms with van der Waals surface area (Å²) in [5.41, 5.74) is 1.44. The summed E-state index contributed by atoms with van der Waals surface area (Å²) in [4.78, 5) is 0. The Balaban J connectivity index is 1.54. The highest BCUT2D eigenvalue weighted by Gasteiger charge is 2.43. The lowest BCUT2D eigenvalue weighted by atomic mass is 9.69. The molecular weight excluding hydrogens is 304 g/mol. The molecule has 2 nitrogen and oxygen atoms in total. The van der Waals surface area contributed by atoms with E-state index in [1.54, 1.807) is 0 Å². The summed E-state index contributed by atoms with van der Waals surface area (Å²) < 4.78 is 13.0. The highest BCUT2D eigenvalue weighted by molar-refractivity contribution is 9.10. The van der Waals surface area contributed by atoms with Crippen LogP contribution >= 0.6 is 15.9 Å². The molecule has 0 bridgehead atoms. The third-order valence-corrected chi connectivity index (χ3v) is 4.78. The average molecular weight is 325 g/mol. The van der Waals surface area contributed by atoms with E-state index in [4.69, 9.17) is 9.47 Å². The Labute approximate surface area is 123 Å². The van der Waals surface area contributed by atoms with E-state index in [2.05, 4.69) is 47.1 Å². The van der Waals surface area contributed by atoms with Crippen LogP contribution in [-0.4, -0.2) is 18.5 Å². The summed E-state index contributed by atoms with van der Waals surface area (Å²) in [5.74, 6) is 0.640. The van der Waals surface area contributed by atoms with Gasteiger partial charge in [-0.1, -0.05) is 28.1 Å². The standard InChI is InChI=1S/C16H21BrO2/c1-16(19-15-4-2-3-9-18-15)10-13(11-16)12-5-7-14(17)8-6-12/h5-8,13,15H,2-4,9-11H2,1H3. The Hall–Kier alpha value is -0.380. The van der Waals surface area contributed by atoms with Gasteiger partial charge in [0, 0.05) is 11.1 Å². The van der Waals surface area contributed by atoms with Gasteiger partial charge in [0.15, 0.2) is 6.29 Å². The van der Waals surface area contributed by atoms with E-state index in [9.17, 15) is 0 Å². The normalized spacial score (nSPS) is 34.8. The summed E-state index contributed by atoms with van der Waals surface area (Å²) >= 11 is 3.48. The number of benzene rings is 1. The zero-order valence-corrected chi connectivity index (χ0v) is 13.0. The van der Waals surface area contributed by atoms with Gasteiger partial charge in [0.05, 0.1) is 5.60 Å². The molecule has 0 amide bonds. The minimum absolute atomic E-state index is 0.0136. The van der Waals surface area contributed by atoms with Crippen LogP contribution in [0.3, 0.4) is 0 Å². The summed E-state index contributed by atoms with van der Waals surface area (Å²) in [5, 5.41) is 0. The molecule has 1 heterocycles. The second-order valence-electron chi connectivity index (χ2n) is 6.02. The Bertz CT molecular complexity index is 417. The SMILES string of the molecule is CC1(OC2CCCCO2)CC(c2ccc(Br)cc2)C1. The van der Waals surface area contributed by atoms with E-state index in [0.717, 1.165) is 30.3 Å². The first kappa shape index (κ1) is 13.6. The van der Waals surface area contributed by atoms with Crippen LogP contribution in [0.15, 0.2) is 28.7 Å². The quantitative estimate of drug-likeness (QED) is 0.807. The Morgan fingerprint density at radius 1 is 1.21 bits per heavy atom. The van der Waals surface area contributed by atoms with Gasteiger partial charge < -0.3 is 9.47 Å². The number of halogens is 1. The fourth-order valence-electron chi connectivity index (χ4n) is 3.17. The second-order valence-corrected chi connectivity index (χ2v) is 6.94. The number of hydrogen-bond acceptors (Lipinski definition) is 2. The van der Waals surface area contributed by atoms with Gasteiger partial charge in [0.25, 0.3) is 0 Å². The van der Waals surface area contributed by atoms with Crippen LogP contribution in [0.5, 0.6) is 0 Å². The molecule has 1 aliphatic carbocycles. The monoisotopic (exact) mass is 324 g/mol. The lowest BCUT2D eigenvalue weighted by molar-refractivity contribution is -0.243. The van der Waals surface area contributed by atoms with Gasteiger partial charge in [0.1, 0.15) is 0 Å². The summed E-state index contributed by atoms with van der Waals surface area (Å²) in [6.07, 6.45) is 5.71. The molecule has 0 spiro atoms. The maximum Gasteiger partial charge on any atom is 0.158 e. The van der Waals surface area contributed by atoms with Crippen LogP contribution < -0.4 is 0 Å². The van der Waals surface area contributed by atoms with Gasteiger partial charge in [-0.05, 0) is 62.6 Å². The van der Waals surface area contributed by atoms with Gasteiger partial charge in [-0.3, -0.25) is 0 Å². The topological polar surface area (TPSA) is 18.5 Å². The molecule has 1 aromatic rings. The van der Waals surface area contributed by atoms with E-state index in [0.29, 0.717) is 5.92 Å². The Morgan fingerprint density at radius 3 is 2.58 bits per heavy atom. The van der Waals surface area contributed by atoms with E-state index in [1.807, 2.05) is 0 Å². The van der Waals surface area contributed by atoms with Crippen LogP contribution in [0, 0.1) is 0 Å². The fourth-order valence-corrected chi connectivity index (χ4v) is 3.44. The molecule has 1 saturated heterocycles. The molecule has 3 rings (SSSR count). The van der Waals surface area contributed by atoms with Crippen molar-refractivity contribution in [3.8, 4) is 0 Å². The molecule has 1 aromatic carbocycles. The summed E-state index contributed by atoms with van der Waals surface area (Å²) in [7, 11) is 0. The van der Waals surface area contributed by atoms with Crippen LogP contribution in [0.4, 0.5) is 0 Å². The van der Waals surface area contributed by atoms with Crippen LogP contribution in [0.1, 0.15) is 50.5 Å². The maximum absolute atomic E-state index is 6.16. The van der Waals surface area contributed by atoms with Crippen LogP contribution in [-0.2, 0) is 9.47 Å². The Morgan fingerprint density at radius 2 is 1.95 bits per heavy atom. The zero-order chi connectivity index (χ0) is 13.3. The first-order chi connectivity index (χ1) is 9.15. The van der Waals surface area contributed by atoms with Crippen molar-refractivity contribution in [3.05, 3.63) is 34.3 Å². The molecule has 1 saturated carbocycles. The molecule has 1 atom stereocenters. The molecule has 0 radical (unpaired) electrons. The van der Waals surface area contributed by atoms with Gasteiger partial charge in [-0.25, -0.2) is 0 Å². The highest BCUT2D eigenvalue weighted by Crippen LogP contribution is 2.48. The van der Waals surface area contributed by atoms with Crippen LogP contribution in [0.25, 0.3) is 0 Å². The van der Waals surface area contributed by atoms with Gasteiger partial charge >= 0.3 is 0 Å². The fraction of sp³-hybridized carbons (Fsp3) is 0.625. The minimum Gasteiger partial charge on any atom is -0.353 e. The largest absolute Gasteiger partial charge is 0.353 e. The van der Waals surface area contributed by atoms with Crippen molar-refractivity contribution >= 4 is 15.9 Å². The third kappa shape index (κ3) is 3.21. The van der Waals surface area contributed by atoms with E-state index >= 15 is 0 Å². The van der Waals surface area contributed by atoms with Crippen LogP contribution in [0.2, 0.25) is 0 Å². The minimum atomic E-state index is 0.0136. The smallest absolute Gasteiger partial charge is 0.158 e. The molecule has 2 aliphatic rings. The third-order valence-electron chi connectivity index (χ3n) is 4.25. The number of ether oxygens (including phenoxy) is 2. The second kappa shape index (κ2) is 5.55. The molecule has 0 N–H and O–H groups in total. The van der Waals surface area contributed by atoms with E-state index < -0.39 is 0 Å². The molecule has 1 aliphatic heterocycles. The van der Waals surface area contributed by atoms with Crippen molar-refractivity contribution in [1.82, 2.24) is 0 Å². The van der Waals surface area contributed by atoms with Crippen molar-refractivity contribution in [1.29, 1.82) is 0 Å². The van der Waals surface area contributed by atoms with Crippen molar-refractivity contribution in [2.75, 3.05) is 6.61 Å². The predicted molar refractivity (Wildman–Crippen MR) is 79.2 cm³/mol. The summed E-state index contributed by atoms with van der Waals surface area (Å²) in [6, 6.07) is 8.67. The van der Waals surface area contributed by atoms with Gasteiger partial charge in [-0.2, -0.15) is 0 Å². The molecule has 2 fully saturated rings. The molecule has 104 valence electrons. The Kier molecular flexibility index (Phi) is 3.97. The molecule has 0 aromatic heterocycles. The first-order valence-corrected chi connectivity index (χ1v) is 7.99. The lowest BCUT2D eigenvalue weighted by Gasteiger charge is -2.47. The molecular formula is C16H21BrO2. The van der Waals surface area contributed by atoms with Crippen molar-refractivity contribution < 1.29 is 9.47 Å². The number of hydrogen-bond donors (Lipinski definition) is 0. The van der Waals surface area contributed by atoms with E-state index in [1.165, 1.54) is 18.4 Å². The van der Waals surface area contributed by atoms with E-state index in [-0.39, 0.29) is 11.9 Å². The average Bonchev–Trinajstić information content (AvgIpc) is 2.38. The van der Waals surface area contributed by atoms with Crippen molar-refractivity contribution in [3.63, 3.8) is 0 Å². The zero-order valence-electron chi connectivity index (χ0n) is 11.4. The first-order valence-electron chi connectivity index (χ1n) is 7.20. The molecule has 1 unspecified atom stereocenters. The lowest BCUT2D eigenvalue weighted by Crippen LogP contribution is -2.46. The van der Waals surface area contributed by atoms with Crippen molar-refractivity contribution in [2.24, 2.45) is 0 Å². The van der Waals surface area contributed by atoms with Gasteiger partial charge in [-0.15, -0.1) is 0 Å².